The highest BCUT2D eigenvalue weighted by Gasteiger charge is 2.19. The van der Waals surface area contributed by atoms with Crippen LogP contribution in [-0.4, -0.2) is 15.8 Å². The number of benzene rings is 1. The lowest BCUT2D eigenvalue weighted by Gasteiger charge is -2.20. The molecule has 2 heterocycles. The number of nitrogens with one attached hydrogen (secondary N) is 2. The van der Waals surface area contributed by atoms with Crippen LogP contribution in [-0.2, 0) is 11.2 Å². The fourth-order valence-corrected chi connectivity index (χ4v) is 2.62. The molecule has 7 nitrogen and oxygen atoms in total. The molecule has 1 aromatic carbocycles. The monoisotopic (exact) mass is 312 g/mol. The van der Waals surface area contributed by atoms with Gasteiger partial charge in [-0.25, -0.2) is 4.98 Å². The van der Waals surface area contributed by atoms with Crippen LogP contribution in [0.3, 0.4) is 0 Å². The van der Waals surface area contributed by atoms with Crippen LogP contribution in [0.1, 0.15) is 30.5 Å². The summed E-state index contributed by atoms with van der Waals surface area (Å²) < 4.78 is 0. The van der Waals surface area contributed by atoms with Crippen LogP contribution in [0.25, 0.3) is 0 Å². The van der Waals surface area contributed by atoms with Crippen molar-refractivity contribution < 1.29 is 9.72 Å². The molecule has 0 aliphatic carbocycles. The molecule has 1 aromatic heterocycles. The van der Waals surface area contributed by atoms with Crippen molar-refractivity contribution in [2.45, 2.75) is 25.8 Å². The Balaban J connectivity index is 1.83. The van der Waals surface area contributed by atoms with Crippen LogP contribution >= 0.6 is 0 Å². The lowest BCUT2D eigenvalue weighted by atomic mass is 9.98. The van der Waals surface area contributed by atoms with E-state index in [0.717, 1.165) is 16.8 Å². The molecule has 118 valence electrons. The zero-order valence-corrected chi connectivity index (χ0v) is 12.6. The number of fused-ring (bicyclic) bond motifs is 1. The highest BCUT2D eigenvalue weighted by atomic mass is 16.6. The van der Waals surface area contributed by atoms with Crippen molar-refractivity contribution in [2.75, 3.05) is 10.6 Å². The Labute approximate surface area is 132 Å². The lowest BCUT2D eigenvalue weighted by molar-refractivity contribution is -0.384. The van der Waals surface area contributed by atoms with Crippen LogP contribution in [0, 0.1) is 10.1 Å². The number of rotatable bonds is 4. The molecule has 2 N–H and O–H groups in total. The molecule has 7 heteroatoms. The van der Waals surface area contributed by atoms with Gasteiger partial charge in [0.05, 0.1) is 11.0 Å². The van der Waals surface area contributed by atoms with E-state index in [1.54, 1.807) is 0 Å². The van der Waals surface area contributed by atoms with Gasteiger partial charge in [-0.2, -0.15) is 0 Å². The summed E-state index contributed by atoms with van der Waals surface area (Å²) in [4.78, 5) is 26.0. The van der Waals surface area contributed by atoms with Gasteiger partial charge in [0.1, 0.15) is 0 Å². The normalized spacial score (nSPS) is 14.6. The summed E-state index contributed by atoms with van der Waals surface area (Å²) in [6.07, 6.45) is 2.69. The van der Waals surface area contributed by atoms with Crippen LogP contribution in [0.15, 0.2) is 36.5 Å². The van der Waals surface area contributed by atoms with Crippen LogP contribution in [0.5, 0.6) is 0 Å². The molecule has 0 saturated carbocycles. The molecule has 2 aromatic rings. The number of nitrogens with zero attached hydrogens (tertiary/aromatic N) is 2. The first-order valence-corrected chi connectivity index (χ1v) is 7.33. The molecule has 0 fully saturated rings. The minimum Gasteiger partial charge on any atom is -0.358 e. The van der Waals surface area contributed by atoms with Gasteiger partial charge in [-0.15, -0.1) is 0 Å². The average molecular weight is 312 g/mol. The largest absolute Gasteiger partial charge is 0.358 e. The number of aromatic nitrogens is 1. The molecule has 0 saturated heterocycles. The van der Waals surface area contributed by atoms with E-state index in [4.69, 9.17) is 0 Å². The summed E-state index contributed by atoms with van der Waals surface area (Å²) in [5.41, 5.74) is 2.84. The molecule has 1 amide bonds. The Morgan fingerprint density at radius 1 is 1.35 bits per heavy atom. The standard InChI is InChI=1S/C16H16N4O3/c1-10(18-16-14(20(22)23)3-2-8-17-16)11-4-6-13-12(9-11)5-7-15(21)19-13/h2-4,6,8-10H,5,7H2,1H3,(H,17,18)(H,19,21). The maximum absolute atomic E-state index is 11.4. The molecular formula is C16H16N4O3. The third-order valence-corrected chi connectivity index (χ3v) is 3.86. The molecule has 1 aliphatic heterocycles. The van der Waals surface area contributed by atoms with Crippen molar-refractivity contribution in [3.8, 4) is 0 Å². The maximum Gasteiger partial charge on any atom is 0.311 e. The molecule has 3 rings (SSSR count). The van der Waals surface area contributed by atoms with Crippen molar-refractivity contribution in [1.29, 1.82) is 0 Å². The predicted octanol–water partition coefficient (Wildman–Crippen LogP) is 3.05. The van der Waals surface area contributed by atoms with E-state index < -0.39 is 4.92 Å². The van der Waals surface area contributed by atoms with Gasteiger partial charge >= 0.3 is 5.69 Å². The van der Waals surface area contributed by atoms with Crippen molar-refractivity contribution in [1.82, 2.24) is 4.98 Å². The topological polar surface area (TPSA) is 97.2 Å². The van der Waals surface area contributed by atoms with Crippen molar-refractivity contribution in [2.24, 2.45) is 0 Å². The predicted molar refractivity (Wildman–Crippen MR) is 86.3 cm³/mol. The van der Waals surface area contributed by atoms with E-state index >= 15 is 0 Å². The Morgan fingerprint density at radius 3 is 2.96 bits per heavy atom. The summed E-state index contributed by atoms with van der Waals surface area (Å²) >= 11 is 0. The number of amides is 1. The van der Waals surface area contributed by atoms with Gasteiger partial charge in [-0.3, -0.25) is 14.9 Å². The number of carbonyl (C=O) groups excluding carboxylic acids is 1. The molecule has 1 aliphatic rings. The number of pyridine rings is 1. The van der Waals surface area contributed by atoms with Gasteiger partial charge in [-0.05, 0) is 36.6 Å². The molecule has 23 heavy (non-hydrogen) atoms. The van der Waals surface area contributed by atoms with E-state index in [9.17, 15) is 14.9 Å². The van der Waals surface area contributed by atoms with Gasteiger partial charge in [0.2, 0.25) is 11.7 Å². The minimum atomic E-state index is -0.454. The first-order valence-electron chi connectivity index (χ1n) is 7.33. The first kappa shape index (κ1) is 15.0. The Hall–Kier alpha value is -2.96. The van der Waals surface area contributed by atoms with Crippen LogP contribution in [0.4, 0.5) is 17.2 Å². The van der Waals surface area contributed by atoms with Crippen molar-refractivity contribution in [3.63, 3.8) is 0 Å². The fourth-order valence-electron chi connectivity index (χ4n) is 2.62. The molecule has 0 spiro atoms. The van der Waals surface area contributed by atoms with E-state index in [1.807, 2.05) is 25.1 Å². The number of nitro groups is 1. The van der Waals surface area contributed by atoms with E-state index in [0.29, 0.717) is 12.8 Å². The van der Waals surface area contributed by atoms with Gasteiger partial charge < -0.3 is 10.6 Å². The minimum absolute atomic E-state index is 0.0283. The molecule has 1 atom stereocenters. The number of carbonyl (C=O) groups is 1. The first-order chi connectivity index (χ1) is 11.0. The van der Waals surface area contributed by atoms with Gasteiger partial charge in [-0.1, -0.05) is 12.1 Å². The van der Waals surface area contributed by atoms with E-state index in [-0.39, 0.29) is 23.5 Å². The fraction of sp³-hybridized carbons (Fsp3) is 0.250. The second-order valence-corrected chi connectivity index (χ2v) is 5.46. The zero-order valence-electron chi connectivity index (χ0n) is 12.6. The molecular weight excluding hydrogens is 296 g/mol. The number of hydrogen-bond donors (Lipinski definition) is 2. The number of hydrogen-bond acceptors (Lipinski definition) is 5. The number of aryl methyl sites for hydroxylation is 1. The second-order valence-electron chi connectivity index (χ2n) is 5.46. The Bertz CT molecular complexity index is 776. The van der Waals surface area contributed by atoms with Crippen molar-refractivity contribution >= 4 is 23.1 Å². The average Bonchev–Trinajstić information content (AvgIpc) is 2.54. The van der Waals surface area contributed by atoms with Gasteiger partial charge in [0.15, 0.2) is 0 Å². The molecule has 0 bridgehead atoms. The summed E-state index contributed by atoms with van der Waals surface area (Å²) in [5.74, 6) is 0.275. The SMILES string of the molecule is CC(Nc1ncccc1[N+](=O)[O-])c1ccc2c(c1)CCC(=O)N2. The summed E-state index contributed by atoms with van der Waals surface area (Å²) in [7, 11) is 0. The quantitative estimate of drug-likeness (QED) is 0.668. The van der Waals surface area contributed by atoms with Crippen LogP contribution < -0.4 is 10.6 Å². The van der Waals surface area contributed by atoms with E-state index in [2.05, 4.69) is 15.6 Å². The van der Waals surface area contributed by atoms with Gasteiger partial charge in [0.25, 0.3) is 0 Å². The van der Waals surface area contributed by atoms with Gasteiger partial charge in [0, 0.05) is 24.4 Å². The second kappa shape index (κ2) is 6.04. The lowest BCUT2D eigenvalue weighted by Crippen LogP contribution is -2.19. The van der Waals surface area contributed by atoms with Crippen LogP contribution in [0.2, 0.25) is 0 Å². The highest BCUT2D eigenvalue weighted by Crippen LogP contribution is 2.29. The molecule has 1 unspecified atom stereocenters. The zero-order chi connectivity index (χ0) is 16.4. The Kier molecular flexibility index (Phi) is 3.92. The third-order valence-electron chi connectivity index (χ3n) is 3.86. The summed E-state index contributed by atoms with van der Waals surface area (Å²) in [6.45, 7) is 1.92. The summed E-state index contributed by atoms with van der Waals surface area (Å²) in [6, 6.07) is 8.59. The highest BCUT2D eigenvalue weighted by molar-refractivity contribution is 5.93. The number of anilines is 2. The smallest absolute Gasteiger partial charge is 0.311 e. The third kappa shape index (κ3) is 3.13. The maximum atomic E-state index is 11.4. The summed E-state index contributed by atoms with van der Waals surface area (Å²) in [5, 5.41) is 17.0. The Morgan fingerprint density at radius 2 is 2.17 bits per heavy atom. The molecule has 0 radical (unpaired) electrons. The van der Waals surface area contributed by atoms with Crippen molar-refractivity contribution in [3.05, 3.63) is 57.8 Å². The van der Waals surface area contributed by atoms with E-state index in [1.165, 1.54) is 18.3 Å².